The Balaban J connectivity index is 0.00000220. The number of amides is 1. The van der Waals surface area contributed by atoms with E-state index in [2.05, 4.69) is 31.2 Å². The summed E-state index contributed by atoms with van der Waals surface area (Å²) in [4.78, 5) is 19.8. The lowest BCUT2D eigenvalue weighted by Gasteiger charge is -2.03. The minimum atomic E-state index is -0.145. The maximum atomic E-state index is 11.9. The highest BCUT2D eigenvalue weighted by Gasteiger charge is 2.08. The molecule has 1 aromatic heterocycles. The first kappa shape index (κ1) is 17.4. The van der Waals surface area contributed by atoms with E-state index in [1.807, 2.05) is 24.3 Å². The van der Waals surface area contributed by atoms with Gasteiger partial charge in [0.1, 0.15) is 0 Å². The van der Waals surface area contributed by atoms with Gasteiger partial charge in [0, 0.05) is 15.5 Å². The highest BCUT2D eigenvalue weighted by molar-refractivity contribution is 9.10. The normalized spacial score (nSPS) is 9.57. The van der Waals surface area contributed by atoms with Crippen LogP contribution in [0.1, 0.15) is 5.69 Å². The lowest BCUT2D eigenvalue weighted by Crippen LogP contribution is -2.21. The second-order valence-corrected chi connectivity index (χ2v) is 5.64. The van der Waals surface area contributed by atoms with Crippen LogP contribution in [0.15, 0.2) is 39.1 Å². The van der Waals surface area contributed by atoms with E-state index in [-0.39, 0.29) is 30.7 Å². The molecule has 0 fully saturated rings. The fraction of sp³-hybridized carbons (Fsp3) is 0.0833. The molecule has 0 aliphatic rings. The Bertz CT molecular complexity index is 639. The summed E-state index contributed by atoms with van der Waals surface area (Å²) < 4.78 is 0.955. The van der Waals surface area contributed by atoms with E-state index in [9.17, 15) is 4.79 Å². The van der Waals surface area contributed by atoms with Crippen LogP contribution in [0.4, 0.5) is 10.8 Å². The first-order chi connectivity index (χ1) is 9.52. The van der Waals surface area contributed by atoms with Gasteiger partial charge in [-0.15, -0.1) is 23.7 Å². The highest BCUT2D eigenvalue weighted by atomic mass is 79.9. The number of aromatic nitrogens is 1. The van der Waals surface area contributed by atoms with E-state index in [4.69, 9.17) is 11.5 Å². The molecule has 5 N–H and O–H groups in total. The molecule has 1 aromatic carbocycles. The molecule has 1 heterocycles. The molecule has 0 unspecified atom stereocenters. The zero-order valence-corrected chi connectivity index (χ0v) is 14.0. The van der Waals surface area contributed by atoms with Crippen molar-refractivity contribution in [2.45, 2.75) is 6.42 Å². The molecule has 0 spiro atoms. The van der Waals surface area contributed by atoms with Crippen molar-refractivity contribution in [1.82, 2.24) is 4.98 Å². The van der Waals surface area contributed by atoms with E-state index in [0.29, 0.717) is 10.8 Å². The second kappa shape index (κ2) is 7.96. The standard InChI is InChI=1S/C12H12BrN5OS.ClH/c13-7-1-3-8(4-2-7)16-10(19)5-9-6-20-12(17-9)18-11(14)15;/h1-4,6H,5H2,(H,16,19)(H4,14,15,17,18);1H. The number of rotatable bonds is 4. The number of nitrogens with two attached hydrogens (primary N) is 2. The van der Waals surface area contributed by atoms with Gasteiger partial charge in [-0.25, -0.2) is 4.98 Å². The summed E-state index contributed by atoms with van der Waals surface area (Å²) in [7, 11) is 0. The van der Waals surface area contributed by atoms with Gasteiger partial charge in [-0.05, 0) is 24.3 Å². The Morgan fingerprint density at radius 3 is 2.62 bits per heavy atom. The Kier molecular flexibility index (Phi) is 6.60. The molecule has 0 atom stereocenters. The van der Waals surface area contributed by atoms with Crippen LogP contribution in [-0.4, -0.2) is 16.9 Å². The van der Waals surface area contributed by atoms with Gasteiger partial charge >= 0.3 is 0 Å². The summed E-state index contributed by atoms with van der Waals surface area (Å²) in [6, 6.07) is 7.34. The molecule has 0 aliphatic heterocycles. The number of hydrogen-bond acceptors (Lipinski definition) is 4. The predicted molar refractivity (Wildman–Crippen MR) is 91.3 cm³/mol. The number of halogens is 2. The van der Waals surface area contributed by atoms with E-state index in [0.717, 1.165) is 10.2 Å². The number of nitrogens with zero attached hydrogens (tertiary/aromatic N) is 2. The van der Waals surface area contributed by atoms with Gasteiger partial charge in [0.15, 0.2) is 5.96 Å². The summed E-state index contributed by atoms with van der Waals surface area (Å²) in [6.45, 7) is 0. The summed E-state index contributed by atoms with van der Waals surface area (Å²) in [5.41, 5.74) is 11.9. The molecule has 1 amide bonds. The van der Waals surface area contributed by atoms with Crippen molar-refractivity contribution in [2.24, 2.45) is 16.5 Å². The van der Waals surface area contributed by atoms with Crippen LogP contribution in [0.5, 0.6) is 0 Å². The number of carbonyl (C=O) groups is 1. The minimum Gasteiger partial charge on any atom is -0.370 e. The second-order valence-electron chi connectivity index (χ2n) is 3.89. The zero-order valence-electron chi connectivity index (χ0n) is 10.7. The molecule has 9 heteroatoms. The van der Waals surface area contributed by atoms with Crippen LogP contribution in [0.25, 0.3) is 0 Å². The SMILES string of the molecule is Cl.NC(N)=Nc1nc(CC(=O)Nc2ccc(Br)cc2)cs1. The fourth-order valence-electron chi connectivity index (χ4n) is 1.44. The average molecular weight is 391 g/mol. The number of guanidine groups is 1. The van der Waals surface area contributed by atoms with E-state index >= 15 is 0 Å². The molecule has 2 rings (SSSR count). The number of anilines is 1. The van der Waals surface area contributed by atoms with Crippen molar-refractivity contribution in [3.63, 3.8) is 0 Å². The number of nitrogens with one attached hydrogen (secondary N) is 1. The topological polar surface area (TPSA) is 106 Å². The minimum absolute atomic E-state index is 0. The third-order valence-corrected chi connectivity index (χ3v) is 3.55. The van der Waals surface area contributed by atoms with Crippen molar-refractivity contribution in [1.29, 1.82) is 0 Å². The Morgan fingerprint density at radius 2 is 2.00 bits per heavy atom. The van der Waals surface area contributed by atoms with Crippen LogP contribution >= 0.6 is 39.7 Å². The molecule has 0 bridgehead atoms. The quantitative estimate of drug-likeness (QED) is 0.550. The van der Waals surface area contributed by atoms with E-state index in [1.54, 1.807) is 5.38 Å². The summed E-state index contributed by atoms with van der Waals surface area (Å²) in [5.74, 6) is -0.195. The third kappa shape index (κ3) is 5.70. The molecule has 2 aromatic rings. The van der Waals surface area contributed by atoms with Gasteiger partial charge in [0.25, 0.3) is 0 Å². The van der Waals surface area contributed by atoms with Gasteiger partial charge in [0.05, 0.1) is 12.1 Å². The Labute approximate surface area is 140 Å². The maximum Gasteiger partial charge on any atom is 0.230 e. The van der Waals surface area contributed by atoms with Crippen LogP contribution in [0.3, 0.4) is 0 Å². The van der Waals surface area contributed by atoms with Gasteiger partial charge in [-0.2, -0.15) is 4.99 Å². The molecular formula is C12H13BrClN5OS. The lowest BCUT2D eigenvalue weighted by molar-refractivity contribution is -0.115. The van der Waals surface area contributed by atoms with Crippen LogP contribution in [0.2, 0.25) is 0 Å². The predicted octanol–water partition coefficient (Wildman–Crippen LogP) is 2.41. The molecule has 112 valence electrons. The molecule has 0 saturated heterocycles. The first-order valence-electron chi connectivity index (χ1n) is 5.62. The maximum absolute atomic E-state index is 11.9. The largest absolute Gasteiger partial charge is 0.370 e. The van der Waals surface area contributed by atoms with Crippen molar-refractivity contribution in [3.05, 3.63) is 39.8 Å². The van der Waals surface area contributed by atoms with Gasteiger partial charge in [-0.3, -0.25) is 4.79 Å². The summed E-state index contributed by atoms with van der Waals surface area (Å²) in [6.07, 6.45) is 0.173. The van der Waals surface area contributed by atoms with Crippen molar-refractivity contribution >= 4 is 62.4 Å². The zero-order chi connectivity index (χ0) is 14.5. The van der Waals surface area contributed by atoms with Crippen LogP contribution in [-0.2, 0) is 11.2 Å². The molecule has 0 radical (unpaired) electrons. The number of carbonyl (C=O) groups excluding carboxylic acids is 1. The van der Waals surface area contributed by atoms with E-state index < -0.39 is 0 Å². The number of aliphatic imine (C=N–C) groups is 1. The van der Waals surface area contributed by atoms with Crippen molar-refractivity contribution in [3.8, 4) is 0 Å². The number of hydrogen-bond donors (Lipinski definition) is 3. The summed E-state index contributed by atoms with van der Waals surface area (Å²) in [5, 5.41) is 4.98. The van der Waals surface area contributed by atoms with Crippen molar-refractivity contribution < 1.29 is 4.79 Å². The van der Waals surface area contributed by atoms with Gasteiger partial charge in [0.2, 0.25) is 11.0 Å². The van der Waals surface area contributed by atoms with Crippen LogP contribution in [0, 0.1) is 0 Å². The monoisotopic (exact) mass is 389 g/mol. The van der Waals surface area contributed by atoms with Gasteiger partial charge in [-0.1, -0.05) is 15.9 Å². The molecule has 0 saturated carbocycles. The fourth-order valence-corrected chi connectivity index (χ4v) is 2.41. The van der Waals surface area contributed by atoms with Gasteiger partial charge < -0.3 is 16.8 Å². The van der Waals surface area contributed by atoms with E-state index in [1.165, 1.54) is 11.3 Å². The Hall–Kier alpha value is -1.64. The third-order valence-electron chi connectivity index (χ3n) is 2.23. The molecular weight excluding hydrogens is 378 g/mol. The number of thiazole rings is 1. The first-order valence-corrected chi connectivity index (χ1v) is 7.29. The number of benzene rings is 1. The summed E-state index contributed by atoms with van der Waals surface area (Å²) >= 11 is 4.62. The lowest BCUT2D eigenvalue weighted by atomic mass is 10.3. The van der Waals surface area contributed by atoms with Crippen molar-refractivity contribution in [2.75, 3.05) is 5.32 Å². The highest BCUT2D eigenvalue weighted by Crippen LogP contribution is 2.19. The molecule has 6 nitrogen and oxygen atoms in total. The molecule has 21 heavy (non-hydrogen) atoms. The van der Waals surface area contributed by atoms with Crippen LogP contribution < -0.4 is 16.8 Å². The molecule has 0 aliphatic carbocycles. The average Bonchev–Trinajstić information content (AvgIpc) is 2.78. The smallest absolute Gasteiger partial charge is 0.230 e. The Morgan fingerprint density at radius 1 is 1.33 bits per heavy atom.